The smallest absolute Gasteiger partial charge is 0.335 e. The molecule has 0 spiro atoms. The molecule has 0 unspecified atom stereocenters. The van der Waals surface area contributed by atoms with Crippen molar-refractivity contribution in [1.82, 2.24) is 10.2 Å². The minimum absolute atomic E-state index is 0.0111. The number of nitrogens with zero attached hydrogens (tertiary/aromatic N) is 1. The highest BCUT2D eigenvalue weighted by Gasteiger charge is 2.16. The van der Waals surface area contributed by atoms with Crippen LogP contribution in [-0.2, 0) is 0 Å². The molecule has 110 valence electrons. The number of phenolic OH excluding ortho intramolecular Hbond substituents is 1. The van der Waals surface area contributed by atoms with Crippen molar-refractivity contribution in [2.24, 2.45) is 0 Å². The number of aromatic nitrogens is 2. The van der Waals surface area contributed by atoms with E-state index in [1.807, 2.05) is 6.07 Å². The third-order valence-corrected chi connectivity index (χ3v) is 3.18. The summed E-state index contributed by atoms with van der Waals surface area (Å²) in [7, 11) is 0. The first-order chi connectivity index (χ1) is 10.6. The maximum atomic E-state index is 12.3. The number of hydrogen-bond acceptors (Lipinski definition) is 4. The van der Waals surface area contributed by atoms with Crippen LogP contribution in [0.3, 0.4) is 0 Å². The number of carbonyl (C=O) groups is 2. The van der Waals surface area contributed by atoms with Gasteiger partial charge >= 0.3 is 5.97 Å². The Morgan fingerprint density at radius 2 is 1.91 bits per heavy atom. The van der Waals surface area contributed by atoms with Crippen molar-refractivity contribution >= 4 is 28.5 Å². The van der Waals surface area contributed by atoms with Crippen molar-refractivity contribution in [3.8, 4) is 5.75 Å². The van der Waals surface area contributed by atoms with Crippen molar-refractivity contribution in [3.63, 3.8) is 0 Å². The van der Waals surface area contributed by atoms with Gasteiger partial charge in [0.2, 0.25) is 0 Å². The number of anilines is 1. The number of aromatic amines is 1. The Morgan fingerprint density at radius 3 is 2.68 bits per heavy atom. The second kappa shape index (κ2) is 5.21. The molecular formula is C15H11N3O4. The molecule has 0 radical (unpaired) electrons. The van der Waals surface area contributed by atoms with Gasteiger partial charge in [0.05, 0.1) is 16.8 Å². The van der Waals surface area contributed by atoms with Crippen LogP contribution in [0.2, 0.25) is 0 Å². The Bertz CT molecular complexity index is 885. The van der Waals surface area contributed by atoms with Crippen LogP contribution < -0.4 is 5.32 Å². The highest BCUT2D eigenvalue weighted by Crippen LogP contribution is 2.25. The lowest BCUT2D eigenvalue weighted by Crippen LogP contribution is -2.13. The zero-order chi connectivity index (χ0) is 15.7. The molecule has 1 heterocycles. The Balaban J connectivity index is 1.94. The Hall–Kier alpha value is -3.35. The van der Waals surface area contributed by atoms with Gasteiger partial charge in [-0.05, 0) is 24.3 Å². The topological polar surface area (TPSA) is 115 Å². The molecule has 0 fully saturated rings. The summed E-state index contributed by atoms with van der Waals surface area (Å²) in [5.41, 5.74) is 0.837. The first kappa shape index (κ1) is 13.6. The first-order valence-electron chi connectivity index (χ1n) is 6.37. The number of rotatable bonds is 3. The number of H-pyrrole nitrogens is 1. The van der Waals surface area contributed by atoms with E-state index < -0.39 is 11.9 Å². The zero-order valence-electron chi connectivity index (χ0n) is 11.2. The van der Waals surface area contributed by atoms with E-state index in [-0.39, 0.29) is 22.7 Å². The first-order valence-corrected chi connectivity index (χ1v) is 6.37. The third-order valence-electron chi connectivity index (χ3n) is 3.18. The van der Waals surface area contributed by atoms with E-state index >= 15 is 0 Å². The van der Waals surface area contributed by atoms with Gasteiger partial charge in [0.25, 0.3) is 5.91 Å². The van der Waals surface area contributed by atoms with Gasteiger partial charge in [-0.1, -0.05) is 18.2 Å². The fourth-order valence-electron chi connectivity index (χ4n) is 2.09. The van der Waals surface area contributed by atoms with Crippen molar-refractivity contribution in [1.29, 1.82) is 0 Å². The van der Waals surface area contributed by atoms with E-state index in [1.54, 1.807) is 18.2 Å². The number of phenols is 1. The molecule has 22 heavy (non-hydrogen) atoms. The Labute approximate surface area is 124 Å². The molecule has 7 nitrogen and oxygen atoms in total. The van der Waals surface area contributed by atoms with Gasteiger partial charge in [-0.15, -0.1) is 0 Å². The second-order valence-corrected chi connectivity index (χ2v) is 4.61. The van der Waals surface area contributed by atoms with Crippen LogP contribution in [0.15, 0.2) is 42.5 Å². The number of carboxylic acids is 1. The van der Waals surface area contributed by atoms with Gasteiger partial charge in [0, 0.05) is 5.39 Å². The molecule has 3 aromatic rings. The lowest BCUT2D eigenvalue weighted by Gasteiger charge is -2.07. The molecule has 0 saturated heterocycles. The predicted octanol–water partition coefficient (Wildman–Crippen LogP) is 2.22. The van der Waals surface area contributed by atoms with Crippen LogP contribution in [0.5, 0.6) is 5.75 Å². The van der Waals surface area contributed by atoms with Crippen molar-refractivity contribution in [2.75, 3.05) is 5.32 Å². The predicted molar refractivity (Wildman–Crippen MR) is 79.1 cm³/mol. The van der Waals surface area contributed by atoms with Gasteiger partial charge in [0.1, 0.15) is 5.75 Å². The number of amides is 1. The van der Waals surface area contributed by atoms with Gasteiger partial charge in [-0.2, -0.15) is 5.10 Å². The molecule has 0 aliphatic rings. The number of aromatic hydroxyl groups is 1. The summed E-state index contributed by atoms with van der Waals surface area (Å²) in [6.45, 7) is 0. The maximum absolute atomic E-state index is 12.3. The summed E-state index contributed by atoms with van der Waals surface area (Å²) in [5, 5.41) is 28.5. The minimum Gasteiger partial charge on any atom is -0.506 e. The fourth-order valence-corrected chi connectivity index (χ4v) is 2.09. The van der Waals surface area contributed by atoms with Crippen LogP contribution >= 0.6 is 0 Å². The molecule has 0 bridgehead atoms. The minimum atomic E-state index is -1.15. The molecule has 2 aromatic carbocycles. The van der Waals surface area contributed by atoms with Gasteiger partial charge in [-0.25, -0.2) is 4.79 Å². The fraction of sp³-hybridized carbons (Fsp3) is 0. The van der Waals surface area contributed by atoms with E-state index in [0.29, 0.717) is 10.9 Å². The van der Waals surface area contributed by atoms with Gasteiger partial charge in [0.15, 0.2) is 5.69 Å². The van der Waals surface area contributed by atoms with Crippen LogP contribution in [0, 0.1) is 0 Å². The summed E-state index contributed by atoms with van der Waals surface area (Å²) in [4.78, 5) is 23.2. The van der Waals surface area contributed by atoms with E-state index in [4.69, 9.17) is 5.11 Å². The van der Waals surface area contributed by atoms with E-state index in [9.17, 15) is 14.7 Å². The summed E-state index contributed by atoms with van der Waals surface area (Å²) in [5.74, 6) is -1.92. The highest BCUT2D eigenvalue weighted by atomic mass is 16.4. The molecule has 1 amide bonds. The van der Waals surface area contributed by atoms with Crippen molar-refractivity contribution < 1.29 is 19.8 Å². The van der Waals surface area contributed by atoms with Crippen LogP contribution in [-0.4, -0.2) is 32.3 Å². The second-order valence-electron chi connectivity index (χ2n) is 4.61. The van der Waals surface area contributed by atoms with Gasteiger partial charge in [-0.3, -0.25) is 9.89 Å². The normalized spacial score (nSPS) is 10.5. The van der Waals surface area contributed by atoms with Gasteiger partial charge < -0.3 is 15.5 Å². The van der Waals surface area contributed by atoms with E-state index in [1.165, 1.54) is 18.2 Å². The van der Waals surface area contributed by atoms with E-state index in [0.717, 1.165) is 0 Å². The number of carboxylic acid groups (broad SMARTS) is 1. The number of carbonyl (C=O) groups excluding carboxylic acids is 1. The highest BCUT2D eigenvalue weighted by molar-refractivity contribution is 6.11. The number of fused-ring (bicyclic) bond motifs is 1. The largest absolute Gasteiger partial charge is 0.506 e. The van der Waals surface area contributed by atoms with Crippen molar-refractivity contribution in [3.05, 3.63) is 53.7 Å². The molecule has 3 rings (SSSR count). The van der Waals surface area contributed by atoms with Crippen LogP contribution in [0.1, 0.15) is 20.8 Å². The molecule has 0 atom stereocenters. The summed E-state index contributed by atoms with van der Waals surface area (Å²) < 4.78 is 0. The number of nitrogens with one attached hydrogen (secondary N) is 2. The molecule has 1 aromatic heterocycles. The third kappa shape index (κ3) is 2.35. The summed E-state index contributed by atoms with van der Waals surface area (Å²) in [6, 6.07) is 10.7. The molecule has 4 N–H and O–H groups in total. The average molecular weight is 297 g/mol. The number of aromatic carboxylic acids is 1. The Morgan fingerprint density at radius 1 is 1.14 bits per heavy atom. The number of hydrogen-bond donors (Lipinski definition) is 4. The van der Waals surface area contributed by atoms with Crippen molar-refractivity contribution in [2.45, 2.75) is 0 Å². The maximum Gasteiger partial charge on any atom is 0.335 e. The molecule has 0 aliphatic heterocycles. The monoisotopic (exact) mass is 297 g/mol. The number of para-hydroxylation sites is 1. The SMILES string of the molecule is O=C(O)c1ccc(O)c(NC(=O)c2n[nH]c3ccccc23)c1. The zero-order valence-corrected chi connectivity index (χ0v) is 11.2. The summed E-state index contributed by atoms with van der Waals surface area (Å²) >= 11 is 0. The summed E-state index contributed by atoms with van der Waals surface area (Å²) in [6.07, 6.45) is 0. The standard InChI is InChI=1S/C15H11N3O4/c19-12-6-5-8(15(21)22)7-11(12)16-14(20)13-9-3-1-2-4-10(9)17-18-13/h1-7,19H,(H,16,20)(H,17,18)(H,21,22). The van der Waals surface area contributed by atoms with Crippen LogP contribution in [0.4, 0.5) is 5.69 Å². The average Bonchev–Trinajstić information content (AvgIpc) is 2.93. The lowest BCUT2D eigenvalue weighted by atomic mass is 10.1. The van der Waals surface area contributed by atoms with Crippen LogP contribution in [0.25, 0.3) is 10.9 Å². The lowest BCUT2D eigenvalue weighted by molar-refractivity contribution is 0.0696. The molecular weight excluding hydrogens is 286 g/mol. The Kier molecular flexibility index (Phi) is 3.23. The molecule has 0 aliphatic carbocycles. The van der Waals surface area contributed by atoms with E-state index in [2.05, 4.69) is 15.5 Å². The number of benzene rings is 2. The quantitative estimate of drug-likeness (QED) is 0.553. The molecule has 0 saturated carbocycles. The molecule has 7 heteroatoms.